The van der Waals surface area contributed by atoms with E-state index in [1.54, 1.807) is 35.4 Å². The Morgan fingerprint density at radius 2 is 2.11 bits per heavy atom. The zero-order chi connectivity index (χ0) is 13.2. The molecule has 0 unspecified atom stereocenters. The van der Waals surface area contributed by atoms with Crippen molar-refractivity contribution in [3.8, 4) is 0 Å². The summed E-state index contributed by atoms with van der Waals surface area (Å²) in [6, 6.07) is 7.34. The van der Waals surface area contributed by atoms with Crippen molar-refractivity contribution in [2.45, 2.75) is 6.42 Å². The number of hydrogen-bond donors (Lipinski definition) is 0. The third-order valence-corrected chi connectivity index (χ3v) is 3.30. The van der Waals surface area contributed by atoms with Gasteiger partial charge in [-0.15, -0.1) is 0 Å². The van der Waals surface area contributed by atoms with Crippen LogP contribution in [-0.2, 0) is 6.42 Å². The van der Waals surface area contributed by atoms with Crippen LogP contribution < -0.4 is 0 Å². The highest BCUT2D eigenvalue weighted by Crippen LogP contribution is 2.18. The van der Waals surface area contributed by atoms with E-state index in [1.807, 2.05) is 18.2 Å². The van der Waals surface area contributed by atoms with Crippen LogP contribution in [0.1, 0.15) is 15.9 Å². The van der Waals surface area contributed by atoms with Crippen molar-refractivity contribution in [2.24, 2.45) is 0 Å². The lowest BCUT2D eigenvalue weighted by Crippen LogP contribution is -2.03. The van der Waals surface area contributed by atoms with Gasteiger partial charge in [0.25, 0.3) is 0 Å². The molecule has 19 heavy (non-hydrogen) atoms. The SMILES string of the molecule is O=C(Cc1ccccc1Cl)c1cnn2ccncc12. The van der Waals surface area contributed by atoms with E-state index in [9.17, 15) is 4.79 Å². The lowest BCUT2D eigenvalue weighted by molar-refractivity contribution is 0.0994. The Bertz CT molecular complexity index is 751. The first-order chi connectivity index (χ1) is 9.25. The number of aromatic nitrogens is 3. The number of ketones is 1. The molecule has 1 aromatic carbocycles. The summed E-state index contributed by atoms with van der Waals surface area (Å²) >= 11 is 6.06. The minimum Gasteiger partial charge on any atom is -0.294 e. The summed E-state index contributed by atoms with van der Waals surface area (Å²) in [7, 11) is 0. The summed E-state index contributed by atoms with van der Waals surface area (Å²) in [5.74, 6) is -0.0175. The number of rotatable bonds is 3. The van der Waals surface area contributed by atoms with E-state index < -0.39 is 0 Å². The number of halogens is 1. The molecule has 94 valence electrons. The molecule has 0 radical (unpaired) electrons. The van der Waals surface area contributed by atoms with Crippen molar-refractivity contribution < 1.29 is 4.79 Å². The number of carbonyl (C=O) groups excluding carboxylic acids is 1. The Labute approximate surface area is 114 Å². The van der Waals surface area contributed by atoms with Gasteiger partial charge in [0.1, 0.15) is 0 Å². The highest BCUT2D eigenvalue weighted by molar-refractivity contribution is 6.31. The Morgan fingerprint density at radius 3 is 2.95 bits per heavy atom. The monoisotopic (exact) mass is 271 g/mol. The Morgan fingerprint density at radius 1 is 1.26 bits per heavy atom. The van der Waals surface area contributed by atoms with Gasteiger partial charge in [0, 0.05) is 23.8 Å². The fourth-order valence-corrected chi connectivity index (χ4v) is 2.16. The van der Waals surface area contributed by atoms with Crippen molar-refractivity contribution in [1.82, 2.24) is 14.6 Å². The van der Waals surface area contributed by atoms with E-state index in [2.05, 4.69) is 10.1 Å². The number of hydrogen-bond acceptors (Lipinski definition) is 3. The molecule has 3 rings (SSSR count). The molecule has 0 aliphatic rings. The molecule has 0 fully saturated rings. The van der Waals surface area contributed by atoms with E-state index in [-0.39, 0.29) is 12.2 Å². The predicted octanol–water partition coefficient (Wildman–Crippen LogP) is 2.81. The fourth-order valence-electron chi connectivity index (χ4n) is 1.96. The maximum absolute atomic E-state index is 12.3. The second kappa shape index (κ2) is 4.82. The van der Waals surface area contributed by atoms with Gasteiger partial charge < -0.3 is 0 Å². The average Bonchev–Trinajstić information content (AvgIpc) is 2.85. The molecule has 0 saturated heterocycles. The van der Waals surface area contributed by atoms with Gasteiger partial charge in [-0.1, -0.05) is 29.8 Å². The smallest absolute Gasteiger partial charge is 0.171 e. The van der Waals surface area contributed by atoms with Crippen molar-refractivity contribution >= 4 is 22.9 Å². The van der Waals surface area contributed by atoms with Crippen LogP contribution in [0.5, 0.6) is 0 Å². The molecule has 3 aromatic rings. The molecule has 0 N–H and O–H groups in total. The maximum atomic E-state index is 12.3. The molecule has 5 heteroatoms. The molecule has 0 amide bonds. The van der Waals surface area contributed by atoms with Gasteiger partial charge in [-0.2, -0.15) is 5.10 Å². The summed E-state index contributed by atoms with van der Waals surface area (Å²) in [4.78, 5) is 16.3. The summed E-state index contributed by atoms with van der Waals surface area (Å²) in [5, 5.41) is 4.73. The largest absolute Gasteiger partial charge is 0.294 e. The normalized spacial score (nSPS) is 10.8. The van der Waals surface area contributed by atoms with Crippen LogP contribution in [0.25, 0.3) is 5.52 Å². The standard InChI is InChI=1S/C14H10ClN3O/c15-12-4-2-1-3-10(12)7-14(19)11-8-17-18-6-5-16-9-13(11)18/h1-6,8-9H,7H2. The average molecular weight is 272 g/mol. The minimum absolute atomic E-state index is 0.0175. The molecule has 2 aromatic heterocycles. The molecule has 0 bridgehead atoms. The van der Waals surface area contributed by atoms with Gasteiger partial charge in [-0.25, -0.2) is 4.52 Å². The molecule has 2 heterocycles. The minimum atomic E-state index is -0.0175. The van der Waals surface area contributed by atoms with Gasteiger partial charge in [0.05, 0.1) is 23.5 Å². The zero-order valence-corrected chi connectivity index (χ0v) is 10.7. The highest BCUT2D eigenvalue weighted by atomic mass is 35.5. The van der Waals surface area contributed by atoms with Crippen molar-refractivity contribution in [3.63, 3.8) is 0 Å². The third kappa shape index (κ3) is 2.22. The summed E-state index contributed by atoms with van der Waals surface area (Å²) in [6.45, 7) is 0. The maximum Gasteiger partial charge on any atom is 0.171 e. The second-order valence-corrected chi connectivity index (χ2v) is 4.56. The van der Waals surface area contributed by atoms with Crippen LogP contribution in [0.2, 0.25) is 5.02 Å². The first kappa shape index (κ1) is 11.9. The van der Waals surface area contributed by atoms with Gasteiger partial charge in [0.2, 0.25) is 0 Å². The number of nitrogens with zero attached hydrogens (tertiary/aromatic N) is 3. The lowest BCUT2D eigenvalue weighted by atomic mass is 10.0. The van der Waals surface area contributed by atoms with Gasteiger partial charge in [0.15, 0.2) is 5.78 Å². The third-order valence-electron chi connectivity index (χ3n) is 2.93. The van der Waals surface area contributed by atoms with E-state index in [0.29, 0.717) is 16.1 Å². The molecule has 0 aliphatic carbocycles. The molecular formula is C14H10ClN3O. The van der Waals surface area contributed by atoms with Crippen LogP contribution in [0.15, 0.2) is 49.1 Å². The number of fused-ring (bicyclic) bond motifs is 1. The topological polar surface area (TPSA) is 47.3 Å². The number of Topliss-reactive ketones (excluding diaryl/α,β-unsaturated/α-hetero) is 1. The quantitative estimate of drug-likeness (QED) is 0.688. The summed E-state index contributed by atoms with van der Waals surface area (Å²) in [5.41, 5.74) is 2.09. The molecule has 4 nitrogen and oxygen atoms in total. The molecule has 0 saturated carbocycles. The van der Waals surface area contributed by atoms with E-state index in [1.165, 1.54) is 0 Å². The van der Waals surface area contributed by atoms with Crippen molar-refractivity contribution in [2.75, 3.05) is 0 Å². The predicted molar refractivity (Wildman–Crippen MR) is 72.5 cm³/mol. The lowest BCUT2D eigenvalue weighted by Gasteiger charge is -2.02. The van der Waals surface area contributed by atoms with Gasteiger partial charge >= 0.3 is 0 Å². The van der Waals surface area contributed by atoms with E-state index in [4.69, 9.17) is 11.6 Å². The molecule has 0 spiro atoms. The van der Waals surface area contributed by atoms with Gasteiger partial charge in [-0.3, -0.25) is 9.78 Å². The van der Waals surface area contributed by atoms with Crippen molar-refractivity contribution in [1.29, 1.82) is 0 Å². The Balaban J connectivity index is 1.95. The van der Waals surface area contributed by atoms with E-state index >= 15 is 0 Å². The van der Waals surface area contributed by atoms with Crippen molar-refractivity contribution in [3.05, 3.63) is 65.2 Å². The fraction of sp³-hybridized carbons (Fsp3) is 0.0714. The Hall–Kier alpha value is -2.20. The van der Waals surface area contributed by atoms with Crippen LogP contribution in [-0.4, -0.2) is 20.4 Å². The molecule has 0 atom stereocenters. The number of carbonyl (C=O) groups is 1. The van der Waals surface area contributed by atoms with Crippen LogP contribution in [0.3, 0.4) is 0 Å². The zero-order valence-electron chi connectivity index (χ0n) is 9.95. The molecule has 0 aliphatic heterocycles. The second-order valence-electron chi connectivity index (χ2n) is 4.16. The highest BCUT2D eigenvalue weighted by Gasteiger charge is 2.14. The number of benzene rings is 1. The first-order valence-electron chi connectivity index (χ1n) is 5.79. The van der Waals surface area contributed by atoms with Crippen LogP contribution in [0, 0.1) is 0 Å². The Kier molecular flexibility index (Phi) is 3.01. The van der Waals surface area contributed by atoms with Crippen LogP contribution >= 0.6 is 11.6 Å². The summed E-state index contributed by atoms with van der Waals surface area (Å²) < 4.78 is 1.63. The summed E-state index contributed by atoms with van der Waals surface area (Å²) in [6.07, 6.45) is 6.79. The van der Waals surface area contributed by atoms with E-state index in [0.717, 1.165) is 5.56 Å². The van der Waals surface area contributed by atoms with Crippen LogP contribution in [0.4, 0.5) is 0 Å². The molecular weight excluding hydrogens is 262 g/mol. The van der Waals surface area contributed by atoms with Gasteiger partial charge in [-0.05, 0) is 11.6 Å². The first-order valence-corrected chi connectivity index (χ1v) is 6.17.